The average molecular weight is 329 g/mol. The van der Waals surface area contributed by atoms with Crippen LogP contribution < -0.4 is 0 Å². The number of ether oxygens (including phenoxy) is 1. The third-order valence-electron chi connectivity index (χ3n) is 4.92. The third kappa shape index (κ3) is 2.86. The lowest BCUT2D eigenvalue weighted by atomic mass is 10.00. The first kappa shape index (κ1) is 15.4. The van der Waals surface area contributed by atoms with Crippen LogP contribution in [0, 0.1) is 12.8 Å². The maximum atomic E-state index is 12.9. The lowest BCUT2D eigenvalue weighted by Gasteiger charge is -2.35. The van der Waals surface area contributed by atoms with Crippen molar-refractivity contribution in [3.8, 4) is 0 Å². The average Bonchev–Trinajstić information content (AvgIpc) is 3.17. The summed E-state index contributed by atoms with van der Waals surface area (Å²) in [5.41, 5.74) is 2.28. The zero-order valence-corrected chi connectivity index (χ0v) is 14.2. The van der Waals surface area contributed by atoms with Crippen molar-refractivity contribution >= 4 is 5.91 Å². The standard InChI is InChI=1S/C18H23N3O3/c1-12-3-6-16(24-12)18(22)21-8-7-14-9-19-20(2)17(14)15(21)11-23-10-13-4-5-13/h3,6,9,13,15H,4-5,7-8,10-11H2,1-2H3/t15-/m1/s1. The Morgan fingerprint density at radius 2 is 2.21 bits per heavy atom. The van der Waals surface area contributed by atoms with E-state index in [-0.39, 0.29) is 11.9 Å². The first-order valence-electron chi connectivity index (χ1n) is 8.59. The molecular weight excluding hydrogens is 306 g/mol. The molecule has 6 heteroatoms. The van der Waals surface area contributed by atoms with Crippen LogP contribution in [0.4, 0.5) is 0 Å². The second-order valence-corrected chi connectivity index (χ2v) is 6.83. The molecule has 0 N–H and O–H groups in total. The van der Waals surface area contributed by atoms with E-state index in [1.54, 1.807) is 6.07 Å². The number of hydrogen-bond donors (Lipinski definition) is 0. The van der Waals surface area contributed by atoms with Gasteiger partial charge in [-0.2, -0.15) is 5.10 Å². The Morgan fingerprint density at radius 3 is 2.92 bits per heavy atom. The number of aryl methyl sites for hydroxylation is 2. The second-order valence-electron chi connectivity index (χ2n) is 6.83. The van der Waals surface area contributed by atoms with Crippen molar-refractivity contribution < 1.29 is 13.9 Å². The zero-order chi connectivity index (χ0) is 16.7. The molecule has 1 atom stereocenters. The highest BCUT2D eigenvalue weighted by atomic mass is 16.5. The van der Waals surface area contributed by atoms with Crippen LogP contribution in [-0.4, -0.2) is 40.3 Å². The molecule has 1 saturated carbocycles. The number of carbonyl (C=O) groups excluding carboxylic acids is 1. The summed E-state index contributed by atoms with van der Waals surface area (Å²) in [5.74, 6) is 1.77. The predicted molar refractivity (Wildman–Crippen MR) is 87.7 cm³/mol. The summed E-state index contributed by atoms with van der Waals surface area (Å²) >= 11 is 0. The lowest BCUT2D eigenvalue weighted by Crippen LogP contribution is -2.42. The molecule has 0 bridgehead atoms. The van der Waals surface area contributed by atoms with Crippen molar-refractivity contribution in [1.82, 2.24) is 14.7 Å². The number of carbonyl (C=O) groups is 1. The van der Waals surface area contributed by atoms with Crippen LogP contribution in [0.3, 0.4) is 0 Å². The first-order valence-corrected chi connectivity index (χ1v) is 8.59. The summed E-state index contributed by atoms with van der Waals surface area (Å²) in [6, 6.07) is 3.46. The first-order chi connectivity index (χ1) is 11.6. The number of amides is 1. The van der Waals surface area contributed by atoms with Gasteiger partial charge < -0.3 is 14.1 Å². The molecule has 0 spiro atoms. The fourth-order valence-corrected chi connectivity index (χ4v) is 3.39. The molecular formula is C18H23N3O3. The Morgan fingerprint density at radius 1 is 1.38 bits per heavy atom. The number of rotatable bonds is 5. The summed E-state index contributed by atoms with van der Waals surface area (Å²) in [4.78, 5) is 14.8. The van der Waals surface area contributed by atoms with Gasteiger partial charge >= 0.3 is 0 Å². The molecule has 0 saturated heterocycles. The zero-order valence-electron chi connectivity index (χ0n) is 14.2. The molecule has 6 nitrogen and oxygen atoms in total. The van der Waals surface area contributed by atoms with Crippen LogP contribution in [0.2, 0.25) is 0 Å². The number of aromatic nitrogens is 2. The Labute approximate surface area is 141 Å². The highest BCUT2D eigenvalue weighted by Crippen LogP contribution is 2.33. The molecule has 0 aromatic carbocycles. The Hall–Kier alpha value is -2.08. The highest BCUT2D eigenvalue weighted by Gasteiger charge is 2.35. The van der Waals surface area contributed by atoms with Gasteiger partial charge in [0.05, 0.1) is 24.5 Å². The minimum absolute atomic E-state index is 0.0741. The topological polar surface area (TPSA) is 60.5 Å². The van der Waals surface area contributed by atoms with E-state index in [4.69, 9.17) is 9.15 Å². The monoisotopic (exact) mass is 329 g/mol. The van der Waals surface area contributed by atoms with Crippen molar-refractivity contribution in [3.63, 3.8) is 0 Å². The van der Waals surface area contributed by atoms with Crippen LogP contribution in [0.1, 0.15) is 46.5 Å². The van der Waals surface area contributed by atoms with E-state index >= 15 is 0 Å². The molecule has 0 unspecified atom stereocenters. The number of fused-ring (bicyclic) bond motifs is 1. The van der Waals surface area contributed by atoms with E-state index in [0.717, 1.165) is 24.5 Å². The summed E-state index contributed by atoms with van der Waals surface area (Å²) in [5, 5.41) is 4.37. The van der Waals surface area contributed by atoms with Crippen LogP contribution in [0.25, 0.3) is 0 Å². The molecule has 1 aliphatic carbocycles. The van der Waals surface area contributed by atoms with Gasteiger partial charge in [-0.15, -0.1) is 0 Å². The largest absolute Gasteiger partial charge is 0.456 e. The van der Waals surface area contributed by atoms with E-state index in [1.807, 2.05) is 35.8 Å². The molecule has 1 fully saturated rings. The molecule has 4 rings (SSSR count). The molecule has 0 radical (unpaired) electrons. The van der Waals surface area contributed by atoms with Crippen molar-refractivity contribution in [1.29, 1.82) is 0 Å². The van der Waals surface area contributed by atoms with Gasteiger partial charge in [0, 0.05) is 20.2 Å². The van der Waals surface area contributed by atoms with Crippen molar-refractivity contribution in [3.05, 3.63) is 41.1 Å². The maximum Gasteiger partial charge on any atom is 0.290 e. The van der Waals surface area contributed by atoms with Crippen LogP contribution in [0.5, 0.6) is 0 Å². The summed E-state index contributed by atoms with van der Waals surface area (Å²) in [7, 11) is 1.93. The minimum atomic E-state index is -0.113. The summed E-state index contributed by atoms with van der Waals surface area (Å²) in [6.45, 7) is 3.80. The van der Waals surface area contributed by atoms with Crippen molar-refractivity contribution in [2.45, 2.75) is 32.2 Å². The fraction of sp³-hybridized carbons (Fsp3) is 0.556. The number of furan rings is 1. The lowest BCUT2D eigenvalue weighted by molar-refractivity contribution is 0.0326. The van der Waals surface area contributed by atoms with Crippen LogP contribution in [-0.2, 0) is 18.2 Å². The van der Waals surface area contributed by atoms with Crippen LogP contribution in [0.15, 0.2) is 22.7 Å². The predicted octanol–water partition coefficient (Wildman–Crippen LogP) is 2.49. The molecule has 2 aliphatic rings. The van der Waals surface area contributed by atoms with Gasteiger partial charge in [0.25, 0.3) is 5.91 Å². The smallest absolute Gasteiger partial charge is 0.290 e. The van der Waals surface area contributed by atoms with Gasteiger partial charge in [0.2, 0.25) is 0 Å². The molecule has 2 aromatic rings. The van der Waals surface area contributed by atoms with E-state index < -0.39 is 0 Å². The van der Waals surface area contributed by atoms with E-state index in [0.29, 0.717) is 24.8 Å². The minimum Gasteiger partial charge on any atom is -0.456 e. The van der Waals surface area contributed by atoms with E-state index in [9.17, 15) is 4.79 Å². The molecule has 3 heterocycles. The molecule has 1 aliphatic heterocycles. The maximum absolute atomic E-state index is 12.9. The van der Waals surface area contributed by atoms with Gasteiger partial charge in [-0.05, 0) is 49.8 Å². The van der Waals surface area contributed by atoms with E-state index in [2.05, 4.69) is 5.10 Å². The van der Waals surface area contributed by atoms with Crippen LogP contribution >= 0.6 is 0 Å². The number of nitrogens with zero attached hydrogens (tertiary/aromatic N) is 3. The Bertz CT molecular complexity index is 745. The summed E-state index contributed by atoms with van der Waals surface area (Å²) < 4.78 is 13.3. The SMILES string of the molecule is Cc1ccc(C(=O)N2CCc3cnn(C)c3[C@H]2COCC2CC2)o1. The van der Waals surface area contributed by atoms with Gasteiger partial charge in [-0.1, -0.05) is 0 Å². The quantitative estimate of drug-likeness (QED) is 0.845. The fourth-order valence-electron chi connectivity index (χ4n) is 3.39. The second kappa shape index (κ2) is 6.09. The number of hydrogen-bond acceptors (Lipinski definition) is 4. The van der Waals surface area contributed by atoms with Gasteiger partial charge in [-0.3, -0.25) is 9.48 Å². The Balaban J connectivity index is 1.58. The molecule has 2 aromatic heterocycles. The molecule has 128 valence electrons. The highest BCUT2D eigenvalue weighted by molar-refractivity contribution is 5.92. The normalized spacial score (nSPS) is 20.2. The Kier molecular flexibility index (Phi) is 3.92. The van der Waals surface area contributed by atoms with Gasteiger partial charge in [0.15, 0.2) is 5.76 Å². The summed E-state index contributed by atoms with van der Waals surface area (Å²) in [6.07, 6.45) is 5.24. The van der Waals surface area contributed by atoms with Gasteiger partial charge in [-0.25, -0.2) is 0 Å². The molecule has 24 heavy (non-hydrogen) atoms. The van der Waals surface area contributed by atoms with Gasteiger partial charge in [0.1, 0.15) is 5.76 Å². The molecule has 1 amide bonds. The third-order valence-corrected chi connectivity index (χ3v) is 4.92. The van der Waals surface area contributed by atoms with E-state index in [1.165, 1.54) is 18.4 Å². The van der Waals surface area contributed by atoms with Crippen molar-refractivity contribution in [2.24, 2.45) is 13.0 Å². The van der Waals surface area contributed by atoms with Crippen molar-refractivity contribution in [2.75, 3.05) is 19.8 Å².